The van der Waals surface area contributed by atoms with E-state index in [-0.39, 0.29) is 10.0 Å². The minimum absolute atomic E-state index is 0.0907. The van der Waals surface area contributed by atoms with Crippen molar-refractivity contribution in [2.75, 3.05) is 25.0 Å². The molecule has 27 heavy (non-hydrogen) atoms. The summed E-state index contributed by atoms with van der Waals surface area (Å²) in [5.41, 5.74) is 1.55. The fourth-order valence-corrected chi connectivity index (χ4v) is 4.57. The van der Waals surface area contributed by atoms with Crippen LogP contribution in [0.15, 0.2) is 52.7 Å². The highest BCUT2D eigenvalue weighted by Gasteiger charge is 2.20. The summed E-state index contributed by atoms with van der Waals surface area (Å²) in [6, 6.07) is 11.9. The van der Waals surface area contributed by atoms with Gasteiger partial charge in [0.1, 0.15) is 19.0 Å². The van der Waals surface area contributed by atoms with E-state index in [0.29, 0.717) is 30.4 Å². The number of ether oxygens (including phenoxy) is 3. The predicted octanol–water partition coefficient (Wildman–Crippen LogP) is 3.39. The van der Waals surface area contributed by atoms with Gasteiger partial charge in [-0.1, -0.05) is 0 Å². The highest BCUT2D eigenvalue weighted by atomic mass is 32.2. The number of sulfonamides is 1. The zero-order valence-corrected chi connectivity index (χ0v) is 16.0. The molecule has 0 aliphatic carbocycles. The first-order valence-electron chi connectivity index (χ1n) is 8.07. The molecule has 0 atom stereocenters. The number of aromatic nitrogens is 1. The molecule has 1 N–H and O–H groups in total. The van der Waals surface area contributed by atoms with E-state index in [9.17, 15) is 8.42 Å². The monoisotopic (exact) mass is 404 g/mol. The molecule has 1 aromatic heterocycles. The van der Waals surface area contributed by atoms with Gasteiger partial charge in [-0.25, -0.2) is 13.4 Å². The third-order valence-electron chi connectivity index (χ3n) is 3.94. The molecule has 2 heterocycles. The van der Waals surface area contributed by atoms with Crippen molar-refractivity contribution in [2.24, 2.45) is 0 Å². The number of fused-ring (bicyclic) bond motifs is 1. The van der Waals surface area contributed by atoms with Crippen LogP contribution in [0.5, 0.6) is 17.2 Å². The molecule has 0 bridgehead atoms. The van der Waals surface area contributed by atoms with E-state index >= 15 is 0 Å². The normalized spacial score (nSPS) is 13.2. The van der Waals surface area contributed by atoms with Gasteiger partial charge in [0.15, 0.2) is 16.6 Å². The fraction of sp³-hybridized carbons (Fsp3) is 0.167. The van der Waals surface area contributed by atoms with E-state index in [2.05, 4.69) is 9.71 Å². The van der Waals surface area contributed by atoms with Crippen molar-refractivity contribution in [3.05, 3.63) is 47.8 Å². The molecular formula is C18H16N2O5S2. The molecule has 2 aromatic carbocycles. The van der Waals surface area contributed by atoms with Gasteiger partial charge in [0.05, 0.1) is 17.7 Å². The van der Waals surface area contributed by atoms with Gasteiger partial charge < -0.3 is 14.2 Å². The topological polar surface area (TPSA) is 86.8 Å². The van der Waals surface area contributed by atoms with Gasteiger partial charge in [-0.05, 0) is 36.4 Å². The Hall–Kier alpha value is -2.78. The Bertz CT molecular complexity index is 1060. The van der Waals surface area contributed by atoms with E-state index in [4.69, 9.17) is 14.2 Å². The molecule has 4 rings (SSSR count). The molecule has 0 saturated heterocycles. The summed E-state index contributed by atoms with van der Waals surface area (Å²) in [4.78, 5) is 4.46. The van der Waals surface area contributed by atoms with E-state index in [1.165, 1.54) is 23.5 Å². The Kier molecular flexibility index (Phi) is 4.63. The molecule has 9 heteroatoms. The number of anilines is 1. The molecule has 1 aliphatic rings. The van der Waals surface area contributed by atoms with Crippen LogP contribution in [0.1, 0.15) is 0 Å². The maximum Gasteiger partial charge on any atom is 0.263 e. The first kappa shape index (κ1) is 17.6. The van der Waals surface area contributed by atoms with Crippen LogP contribution >= 0.6 is 11.3 Å². The van der Waals surface area contributed by atoms with Crippen LogP contribution in [0, 0.1) is 0 Å². The number of nitrogens with one attached hydrogen (secondary N) is 1. The van der Waals surface area contributed by atoms with Gasteiger partial charge in [0, 0.05) is 17.0 Å². The molecule has 140 valence electrons. The van der Waals surface area contributed by atoms with Gasteiger partial charge in [-0.15, -0.1) is 11.3 Å². The van der Waals surface area contributed by atoms with Crippen LogP contribution in [0.4, 0.5) is 5.13 Å². The second kappa shape index (κ2) is 7.09. The van der Waals surface area contributed by atoms with E-state index in [1.54, 1.807) is 18.6 Å². The van der Waals surface area contributed by atoms with E-state index in [1.807, 2.05) is 24.3 Å². The van der Waals surface area contributed by atoms with Crippen molar-refractivity contribution in [2.45, 2.75) is 4.90 Å². The summed E-state index contributed by atoms with van der Waals surface area (Å²) in [5.74, 6) is 1.70. The summed E-state index contributed by atoms with van der Waals surface area (Å²) < 4.78 is 43.8. The Morgan fingerprint density at radius 1 is 1.07 bits per heavy atom. The van der Waals surface area contributed by atoms with Crippen LogP contribution in [-0.4, -0.2) is 33.7 Å². The average molecular weight is 404 g/mol. The van der Waals surface area contributed by atoms with Crippen LogP contribution in [0.25, 0.3) is 11.3 Å². The first-order chi connectivity index (χ1) is 13.0. The average Bonchev–Trinajstić information content (AvgIpc) is 3.15. The number of methoxy groups -OCH3 is 1. The maximum atomic E-state index is 12.7. The second-order valence-corrected chi connectivity index (χ2v) is 8.22. The summed E-state index contributed by atoms with van der Waals surface area (Å²) in [5, 5.41) is 2.08. The Labute approximate surface area is 160 Å². The lowest BCUT2D eigenvalue weighted by Gasteiger charge is -2.18. The quantitative estimate of drug-likeness (QED) is 0.701. The standard InChI is InChI=1S/C18H16N2O5S2/c1-23-13-4-2-12(3-5-13)15-11-26-18(19-15)20-27(21,22)14-6-7-16-17(10-14)25-9-8-24-16/h2-7,10-11H,8-9H2,1H3,(H,19,20). The molecule has 3 aromatic rings. The molecule has 0 unspecified atom stereocenters. The van der Waals surface area contributed by atoms with E-state index in [0.717, 1.165) is 11.3 Å². The van der Waals surface area contributed by atoms with E-state index < -0.39 is 10.0 Å². The fourth-order valence-electron chi connectivity index (χ4n) is 2.58. The van der Waals surface area contributed by atoms with Gasteiger partial charge in [0.2, 0.25) is 0 Å². The van der Waals surface area contributed by atoms with Crippen molar-refractivity contribution in [1.82, 2.24) is 4.98 Å². The molecule has 0 saturated carbocycles. The largest absolute Gasteiger partial charge is 0.497 e. The van der Waals surface area contributed by atoms with Crippen LogP contribution in [0.3, 0.4) is 0 Å². The SMILES string of the molecule is COc1ccc(-c2csc(NS(=O)(=O)c3ccc4c(c3)OCCO4)n2)cc1. The molecule has 0 amide bonds. The summed E-state index contributed by atoms with van der Waals surface area (Å²) >= 11 is 1.22. The third-order valence-corrected chi connectivity index (χ3v) is 6.16. The van der Waals surface area contributed by atoms with Gasteiger partial charge in [0.25, 0.3) is 10.0 Å². The summed E-state index contributed by atoms with van der Waals surface area (Å²) in [7, 11) is -2.18. The lowest BCUT2D eigenvalue weighted by Crippen LogP contribution is -2.17. The Morgan fingerprint density at radius 2 is 1.81 bits per heavy atom. The second-order valence-electron chi connectivity index (χ2n) is 5.68. The molecule has 0 spiro atoms. The highest BCUT2D eigenvalue weighted by Crippen LogP contribution is 2.33. The highest BCUT2D eigenvalue weighted by molar-refractivity contribution is 7.93. The van der Waals surface area contributed by atoms with Gasteiger partial charge >= 0.3 is 0 Å². The van der Waals surface area contributed by atoms with Crippen molar-refractivity contribution >= 4 is 26.5 Å². The first-order valence-corrected chi connectivity index (χ1v) is 10.4. The molecule has 7 nitrogen and oxygen atoms in total. The minimum Gasteiger partial charge on any atom is -0.497 e. The van der Waals surface area contributed by atoms with Gasteiger partial charge in [-0.2, -0.15) is 0 Å². The van der Waals surface area contributed by atoms with Crippen molar-refractivity contribution < 1.29 is 22.6 Å². The maximum absolute atomic E-state index is 12.7. The number of thiazole rings is 1. The minimum atomic E-state index is -3.78. The van der Waals surface area contributed by atoms with Crippen molar-refractivity contribution in [1.29, 1.82) is 0 Å². The zero-order valence-electron chi connectivity index (χ0n) is 14.3. The van der Waals surface area contributed by atoms with Crippen molar-refractivity contribution in [3.63, 3.8) is 0 Å². The lowest BCUT2D eigenvalue weighted by molar-refractivity contribution is 0.171. The van der Waals surface area contributed by atoms with Gasteiger partial charge in [-0.3, -0.25) is 4.72 Å². The van der Waals surface area contributed by atoms with Crippen LogP contribution < -0.4 is 18.9 Å². The lowest BCUT2D eigenvalue weighted by atomic mass is 10.2. The molecule has 0 radical (unpaired) electrons. The number of rotatable bonds is 5. The zero-order chi connectivity index (χ0) is 18.9. The summed E-state index contributed by atoms with van der Waals surface area (Å²) in [6.45, 7) is 0.840. The smallest absolute Gasteiger partial charge is 0.263 e. The number of hydrogen-bond acceptors (Lipinski definition) is 7. The Morgan fingerprint density at radius 3 is 2.56 bits per heavy atom. The Balaban J connectivity index is 1.55. The predicted molar refractivity (Wildman–Crippen MR) is 102 cm³/mol. The third kappa shape index (κ3) is 3.69. The molecule has 1 aliphatic heterocycles. The number of hydrogen-bond donors (Lipinski definition) is 1. The number of benzene rings is 2. The van der Waals surface area contributed by atoms with Crippen LogP contribution in [0.2, 0.25) is 0 Å². The van der Waals surface area contributed by atoms with Crippen molar-refractivity contribution in [3.8, 4) is 28.5 Å². The number of nitrogens with zero attached hydrogens (tertiary/aromatic N) is 1. The van der Waals surface area contributed by atoms with Crippen LogP contribution in [-0.2, 0) is 10.0 Å². The molecule has 0 fully saturated rings. The summed E-state index contributed by atoms with van der Waals surface area (Å²) in [6.07, 6.45) is 0. The molecular weight excluding hydrogens is 388 g/mol.